The Morgan fingerprint density at radius 1 is 1.17 bits per heavy atom. The normalized spacial score (nSPS) is 31.4. The van der Waals surface area contributed by atoms with Gasteiger partial charge in [0.25, 0.3) is 0 Å². The summed E-state index contributed by atoms with van der Waals surface area (Å²) in [5.74, 6) is 0. The van der Waals surface area contributed by atoms with E-state index in [-0.39, 0.29) is 23.4 Å². The van der Waals surface area contributed by atoms with Crippen LogP contribution in [0.4, 0.5) is 4.79 Å². The van der Waals surface area contributed by atoms with Crippen LogP contribution in [0.1, 0.15) is 38.5 Å². The van der Waals surface area contributed by atoms with E-state index < -0.39 is 7.60 Å². The summed E-state index contributed by atoms with van der Waals surface area (Å²) < 4.78 is 28.5. The maximum atomic E-state index is 12.5. The minimum Gasteiger partial charge on any atom is -0.441 e. The lowest BCUT2D eigenvalue weighted by Crippen LogP contribution is -2.46. The largest absolute Gasteiger partial charge is 0.441 e. The van der Waals surface area contributed by atoms with Gasteiger partial charge in [-0.05, 0) is 38.8 Å². The van der Waals surface area contributed by atoms with Crippen molar-refractivity contribution >= 4 is 13.7 Å². The third-order valence-corrected chi connectivity index (χ3v) is 8.00. The highest BCUT2D eigenvalue weighted by molar-refractivity contribution is 7.54. The Labute approximate surface area is 137 Å². The average molecular weight is 346 g/mol. The molecule has 0 aromatic rings. The topological polar surface area (TPSA) is 77.1 Å². The van der Waals surface area contributed by atoms with Crippen molar-refractivity contribution in [1.29, 1.82) is 0 Å². The third-order valence-electron chi connectivity index (χ3n) is 5.57. The van der Waals surface area contributed by atoms with Crippen LogP contribution in [-0.2, 0) is 18.3 Å². The first-order chi connectivity index (χ1) is 11.0. The van der Waals surface area contributed by atoms with E-state index in [0.29, 0.717) is 6.54 Å². The molecule has 1 N–H and O–H groups in total. The van der Waals surface area contributed by atoms with Crippen molar-refractivity contribution in [3.63, 3.8) is 0 Å². The molecule has 2 aliphatic heterocycles. The molecule has 1 amide bonds. The molecule has 1 spiro atoms. The van der Waals surface area contributed by atoms with E-state index in [1.54, 1.807) is 0 Å². The zero-order valence-corrected chi connectivity index (χ0v) is 14.8. The zero-order valence-electron chi connectivity index (χ0n) is 14.0. The standard InChI is InChI=1S/C15H27N2O5P/c1-20-23(19,21-2)13-5-3-12(4-6-13)17-11-15(22-14(17)18)7-9-16-10-8-15/h12-13,16H,3-11H2,1-2H3/t12-,13+. The summed E-state index contributed by atoms with van der Waals surface area (Å²) in [6.07, 6.45) is 4.73. The highest BCUT2D eigenvalue weighted by Gasteiger charge is 2.49. The summed E-state index contributed by atoms with van der Waals surface area (Å²) in [4.78, 5) is 14.2. The second kappa shape index (κ2) is 6.71. The van der Waals surface area contributed by atoms with Crippen molar-refractivity contribution in [1.82, 2.24) is 10.2 Å². The SMILES string of the molecule is COP(=O)(OC)[C@H]1CC[C@@H](N2CC3(CCNCC3)OC2=O)CC1. The Balaban J connectivity index is 1.60. The molecule has 1 saturated carbocycles. The van der Waals surface area contributed by atoms with Gasteiger partial charge in [-0.2, -0.15) is 0 Å². The molecule has 7 nitrogen and oxygen atoms in total. The number of carbonyl (C=O) groups excluding carboxylic acids is 1. The van der Waals surface area contributed by atoms with Gasteiger partial charge in [0, 0.05) is 33.1 Å². The fourth-order valence-electron chi connectivity index (χ4n) is 4.13. The first-order valence-electron chi connectivity index (χ1n) is 8.43. The number of hydrogen-bond donors (Lipinski definition) is 1. The van der Waals surface area contributed by atoms with Crippen molar-refractivity contribution in [2.45, 2.75) is 55.8 Å². The predicted octanol–water partition coefficient (Wildman–Crippen LogP) is 2.36. The Bertz CT molecular complexity index is 478. The minimum absolute atomic E-state index is 0.0692. The molecule has 132 valence electrons. The van der Waals surface area contributed by atoms with E-state index >= 15 is 0 Å². The second-order valence-electron chi connectivity index (χ2n) is 6.80. The maximum Gasteiger partial charge on any atom is 0.410 e. The van der Waals surface area contributed by atoms with Crippen LogP contribution in [0.15, 0.2) is 0 Å². The van der Waals surface area contributed by atoms with Crippen LogP contribution in [-0.4, -0.2) is 62.1 Å². The molecule has 3 fully saturated rings. The Morgan fingerprint density at radius 2 is 1.78 bits per heavy atom. The number of nitrogens with zero attached hydrogens (tertiary/aromatic N) is 1. The number of piperidine rings is 1. The van der Waals surface area contributed by atoms with Crippen molar-refractivity contribution in [3.05, 3.63) is 0 Å². The second-order valence-corrected chi connectivity index (χ2v) is 9.34. The molecule has 0 radical (unpaired) electrons. The van der Waals surface area contributed by atoms with Crippen LogP contribution >= 0.6 is 7.60 Å². The van der Waals surface area contributed by atoms with Crippen LogP contribution in [0, 0.1) is 0 Å². The molecular weight excluding hydrogens is 319 g/mol. The van der Waals surface area contributed by atoms with Crippen molar-refractivity contribution in [3.8, 4) is 0 Å². The smallest absolute Gasteiger partial charge is 0.410 e. The molecule has 0 atom stereocenters. The monoisotopic (exact) mass is 346 g/mol. The van der Waals surface area contributed by atoms with Gasteiger partial charge in [0.2, 0.25) is 0 Å². The van der Waals surface area contributed by atoms with E-state index in [1.165, 1.54) is 14.2 Å². The molecule has 0 unspecified atom stereocenters. The van der Waals surface area contributed by atoms with Crippen LogP contribution in [0.25, 0.3) is 0 Å². The molecule has 2 saturated heterocycles. The summed E-state index contributed by atoms with van der Waals surface area (Å²) >= 11 is 0. The van der Waals surface area contributed by atoms with Gasteiger partial charge in [0.1, 0.15) is 5.60 Å². The molecule has 23 heavy (non-hydrogen) atoms. The average Bonchev–Trinajstić information content (AvgIpc) is 2.90. The Kier molecular flexibility index (Phi) is 5.02. The van der Waals surface area contributed by atoms with Gasteiger partial charge in [-0.15, -0.1) is 0 Å². The molecule has 0 aromatic heterocycles. The highest BCUT2D eigenvalue weighted by atomic mass is 31.2. The van der Waals surface area contributed by atoms with Crippen LogP contribution in [0.3, 0.4) is 0 Å². The van der Waals surface area contributed by atoms with Gasteiger partial charge in [0.05, 0.1) is 12.2 Å². The van der Waals surface area contributed by atoms with Gasteiger partial charge in [-0.3, -0.25) is 4.57 Å². The first-order valence-corrected chi connectivity index (χ1v) is 10.0. The summed E-state index contributed by atoms with van der Waals surface area (Å²) in [6, 6.07) is 0.176. The van der Waals surface area contributed by atoms with Crippen molar-refractivity contribution in [2.75, 3.05) is 33.9 Å². The van der Waals surface area contributed by atoms with E-state index in [0.717, 1.165) is 51.6 Å². The lowest BCUT2D eigenvalue weighted by Gasteiger charge is -2.36. The predicted molar refractivity (Wildman–Crippen MR) is 85.7 cm³/mol. The van der Waals surface area contributed by atoms with Gasteiger partial charge in [-0.1, -0.05) is 0 Å². The molecule has 3 rings (SSSR count). The van der Waals surface area contributed by atoms with Crippen molar-refractivity contribution in [2.24, 2.45) is 0 Å². The van der Waals surface area contributed by atoms with Crippen LogP contribution in [0.2, 0.25) is 0 Å². The van der Waals surface area contributed by atoms with Gasteiger partial charge >= 0.3 is 13.7 Å². The van der Waals surface area contributed by atoms with Crippen LogP contribution < -0.4 is 5.32 Å². The zero-order chi connectivity index (χ0) is 16.5. The van der Waals surface area contributed by atoms with E-state index in [4.69, 9.17) is 13.8 Å². The Morgan fingerprint density at radius 3 is 2.35 bits per heavy atom. The summed E-state index contributed by atoms with van der Waals surface area (Å²) in [6.45, 7) is 2.49. The number of carbonyl (C=O) groups is 1. The van der Waals surface area contributed by atoms with E-state index in [9.17, 15) is 9.36 Å². The summed E-state index contributed by atoms with van der Waals surface area (Å²) in [5.41, 5.74) is -0.367. The summed E-state index contributed by atoms with van der Waals surface area (Å²) in [5, 5.41) is 3.31. The number of ether oxygens (including phenoxy) is 1. The van der Waals surface area contributed by atoms with Gasteiger partial charge < -0.3 is 24.0 Å². The van der Waals surface area contributed by atoms with Crippen molar-refractivity contribution < 1.29 is 23.1 Å². The quantitative estimate of drug-likeness (QED) is 0.788. The molecule has 3 aliphatic rings. The third kappa shape index (κ3) is 3.29. The number of nitrogens with one attached hydrogen (secondary N) is 1. The molecule has 2 heterocycles. The minimum atomic E-state index is -3.01. The highest BCUT2D eigenvalue weighted by Crippen LogP contribution is 2.56. The number of amides is 1. The van der Waals surface area contributed by atoms with Gasteiger partial charge in [-0.25, -0.2) is 4.79 Å². The molecular formula is C15H27N2O5P. The molecule has 0 bridgehead atoms. The fraction of sp³-hybridized carbons (Fsp3) is 0.933. The first kappa shape index (κ1) is 17.2. The molecule has 0 aromatic carbocycles. The van der Waals surface area contributed by atoms with Gasteiger partial charge in [0.15, 0.2) is 0 Å². The lowest BCUT2D eigenvalue weighted by atomic mass is 9.90. The molecule has 8 heteroatoms. The van der Waals surface area contributed by atoms with Crippen LogP contribution in [0.5, 0.6) is 0 Å². The van der Waals surface area contributed by atoms with E-state index in [1.807, 2.05) is 4.90 Å². The molecule has 1 aliphatic carbocycles. The van der Waals surface area contributed by atoms with E-state index in [2.05, 4.69) is 5.32 Å². The number of hydrogen-bond acceptors (Lipinski definition) is 6. The Hall–Kier alpha value is -0.620. The lowest BCUT2D eigenvalue weighted by molar-refractivity contribution is 0.0316. The summed E-state index contributed by atoms with van der Waals surface area (Å²) in [7, 11) is -0.127. The number of rotatable bonds is 4. The maximum absolute atomic E-state index is 12.5. The fourth-order valence-corrected chi connectivity index (χ4v) is 5.81.